The number of hydrogen-bond donors (Lipinski definition) is 0. The number of methoxy groups -OCH3 is 2. The fourth-order valence-electron chi connectivity index (χ4n) is 7.17. The molecule has 190 valence electrons. The van der Waals surface area contributed by atoms with Gasteiger partial charge in [0, 0.05) is 0 Å². The molecule has 0 N–H and O–H groups in total. The number of nitrogens with zero attached hydrogens (tertiary/aromatic N) is 6. The Labute approximate surface area is 211 Å². The molecule has 6 heterocycles. The van der Waals surface area contributed by atoms with Crippen LogP contribution in [0.2, 0.25) is 0 Å². The molecule has 2 unspecified atom stereocenters. The van der Waals surface area contributed by atoms with Crippen molar-refractivity contribution in [2.24, 2.45) is 0 Å². The van der Waals surface area contributed by atoms with Crippen LogP contribution in [0.1, 0.15) is 32.4 Å². The van der Waals surface area contributed by atoms with Crippen molar-refractivity contribution in [2.75, 3.05) is 66.6 Å². The smallest absolute Gasteiger partial charge is 0.356 e. The van der Waals surface area contributed by atoms with Crippen LogP contribution in [-0.4, -0.2) is 120 Å². The molecule has 2 aromatic heterocycles. The third kappa shape index (κ3) is 3.71. The number of piperazine rings is 2. The average molecular weight is 495 g/mol. The van der Waals surface area contributed by atoms with Crippen LogP contribution < -0.4 is 0 Å². The molecule has 4 aliphatic rings. The molecule has 4 aliphatic heterocycles. The lowest BCUT2D eigenvalue weighted by Crippen LogP contribution is -2.77. The van der Waals surface area contributed by atoms with E-state index in [1.807, 2.05) is 24.3 Å². The van der Waals surface area contributed by atoms with Gasteiger partial charge in [0.1, 0.15) is 24.5 Å². The predicted octanol–water partition coefficient (Wildman–Crippen LogP) is 0.694. The molecule has 4 saturated heterocycles. The van der Waals surface area contributed by atoms with E-state index < -0.39 is 11.9 Å². The van der Waals surface area contributed by atoms with Crippen molar-refractivity contribution >= 4 is 11.9 Å². The van der Waals surface area contributed by atoms with E-state index >= 15 is 0 Å². The van der Waals surface area contributed by atoms with E-state index in [1.54, 1.807) is 12.1 Å². The van der Waals surface area contributed by atoms with Gasteiger partial charge in [0.25, 0.3) is 0 Å². The fourth-order valence-corrected chi connectivity index (χ4v) is 7.17. The normalized spacial score (nSPS) is 31.2. The van der Waals surface area contributed by atoms with E-state index in [4.69, 9.17) is 9.47 Å². The van der Waals surface area contributed by atoms with Gasteiger partial charge in [0.15, 0.2) is 0 Å². The molecule has 4 fully saturated rings. The van der Waals surface area contributed by atoms with Gasteiger partial charge in [0.05, 0.1) is 78.0 Å². The van der Waals surface area contributed by atoms with Gasteiger partial charge in [-0.1, -0.05) is 12.1 Å². The maximum Gasteiger partial charge on any atom is 0.356 e. The average Bonchev–Trinajstić information content (AvgIpc) is 3.46. The van der Waals surface area contributed by atoms with E-state index in [-0.39, 0.29) is 0 Å². The van der Waals surface area contributed by atoms with Crippen molar-refractivity contribution in [3.05, 3.63) is 59.2 Å². The first kappa shape index (κ1) is 23.5. The van der Waals surface area contributed by atoms with Crippen LogP contribution in [0.5, 0.6) is 0 Å². The van der Waals surface area contributed by atoms with Gasteiger partial charge in [-0.2, -0.15) is 0 Å². The molecule has 10 heteroatoms. The van der Waals surface area contributed by atoms with Crippen molar-refractivity contribution in [1.82, 2.24) is 19.8 Å². The van der Waals surface area contributed by atoms with Gasteiger partial charge < -0.3 is 9.47 Å². The summed E-state index contributed by atoms with van der Waals surface area (Å²) in [6, 6.07) is 11.3. The van der Waals surface area contributed by atoms with Gasteiger partial charge in [-0.15, -0.1) is 0 Å². The lowest BCUT2D eigenvalue weighted by atomic mass is 10.0. The van der Waals surface area contributed by atoms with Crippen molar-refractivity contribution in [2.45, 2.75) is 25.4 Å². The Morgan fingerprint density at radius 1 is 0.750 bits per heavy atom. The largest absolute Gasteiger partial charge is 0.464 e. The molecule has 2 atom stereocenters. The van der Waals surface area contributed by atoms with E-state index in [2.05, 4.69) is 19.8 Å². The zero-order valence-corrected chi connectivity index (χ0v) is 21.0. The number of rotatable bonds is 6. The molecule has 0 radical (unpaired) electrons. The summed E-state index contributed by atoms with van der Waals surface area (Å²) in [7, 11) is 2.79. The zero-order valence-electron chi connectivity index (χ0n) is 21.0. The summed E-state index contributed by atoms with van der Waals surface area (Å²) in [4.78, 5) is 38.9. The van der Waals surface area contributed by atoms with Crippen LogP contribution in [0.3, 0.4) is 0 Å². The SMILES string of the molecule is COC(=O)c1cccc(C[N+]23CCN4CC[N+]5(Cc6cccc(C(=O)OC)n6)CCN(CC2)C5C43)n1. The first-order chi connectivity index (χ1) is 17.5. The minimum atomic E-state index is -0.393. The molecule has 2 aromatic rings. The summed E-state index contributed by atoms with van der Waals surface area (Å²) in [6.07, 6.45) is 0.754. The summed E-state index contributed by atoms with van der Waals surface area (Å²) in [5.41, 5.74) is 2.63. The minimum Gasteiger partial charge on any atom is -0.464 e. The van der Waals surface area contributed by atoms with Crippen molar-refractivity contribution < 1.29 is 28.0 Å². The molecule has 0 amide bonds. The Hall–Kier alpha value is -2.92. The van der Waals surface area contributed by atoms with E-state index in [0.717, 1.165) is 85.8 Å². The van der Waals surface area contributed by atoms with Crippen molar-refractivity contribution in [1.29, 1.82) is 0 Å². The second-order valence-corrected chi connectivity index (χ2v) is 10.6. The summed E-state index contributed by atoms with van der Waals surface area (Å²) in [5.74, 6) is -0.786. The highest BCUT2D eigenvalue weighted by molar-refractivity contribution is 5.87. The molecular weight excluding hydrogens is 460 g/mol. The summed E-state index contributed by atoms with van der Waals surface area (Å²) in [5, 5.41) is 0. The molecule has 6 rings (SSSR count). The number of carbonyl (C=O) groups is 2. The van der Waals surface area contributed by atoms with E-state index in [1.165, 1.54) is 14.2 Å². The topological polar surface area (TPSA) is 84.9 Å². The zero-order chi connectivity index (χ0) is 24.9. The second kappa shape index (κ2) is 8.88. The highest BCUT2D eigenvalue weighted by atomic mass is 16.5. The summed E-state index contributed by atoms with van der Waals surface area (Å²) in [6.45, 7) is 10.3. The molecule has 0 aromatic carbocycles. The molecule has 0 saturated carbocycles. The first-order valence-electron chi connectivity index (χ1n) is 12.8. The van der Waals surface area contributed by atoms with Crippen LogP contribution in [-0.2, 0) is 22.6 Å². The number of ether oxygens (including phenoxy) is 2. The predicted molar refractivity (Wildman–Crippen MR) is 129 cm³/mol. The molecule has 0 spiro atoms. The van der Waals surface area contributed by atoms with Gasteiger partial charge in [-0.05, 0) is 24.3 Å². The number of esters is 2. The van der Waals surface area contributed by atoms with Crippen LogP contribution in [0.15, 0.2) is 36.4 Å². The van der Waals surface area contributed by atoms with Crippen LogP contribution in [0.4, 0.5) is 0 Å². The first-order valence-corrected chi connectivity index (χ1v) is 12.8. The third-order valence-electron chi connectivity index (χ3n) is 8.82. The Kier molecular flexibility index (Phi) is 5.79. The highest BCUT2D eigenvalue weighted by Crippen LogP contribution is 2.44. The van der Waals surface area contributed by atoms with E-state index in [0.29, 0.717) is 23.7 Å². The maximum absolute atomic E-state index is 12.1. The fraction of sp³-hybridized carbons (Fsp3) is 0.538. The monoisotopic (exact) mass is 494 g/mol. The third-order valence-corrected chi connectivity index (χ3v) is 8.82. The number of carbonyl (C=O) groups excluding carboxylic acids is 2. The molecular formula is C26H34N6O4+2. The molecule has 36 heavy (non-hydrogen) atoms. The van der Waals surface area contributed by atoms with Crippen molar-refractivity contribution in [3.8, 4) is 0 Å². The van der Waals surface area contributed by atoms with Gasteiger partial charge in [-0.25, -0.2) is 29.4 Å². The lowest BCUT2D eigenvalue weighted by molar-refractivity contribution is -1.04. The van der Waals surface area contributed by atoms with Crippen LogP contribution >= 0.6 is 0 Å². The van der Waals surface area contributed by atoms with Crippen LogP contribution in [0, 0.1) is 0 Å². The van der Waals surface area contributed by atoms with Gasteiger partial charge in [0.2, 0.25) is 12.3 Å². The lowest BCUT2D eigenvalue weighted by Gasteiger charge is -2.56. The number of pyridine rings is 2. The van der Waals surface area contributed by atoms with E-state index in [9.17, 15) is 9.59 Å². The van der Waals surface area contributed by atoms with Gasteiger partial charge in [-0.3, -0.25) is 8.97 Å². The molecule has 0 bridgehead atoms. The maximum atomic E-state index is 12.1. The number of quaternary nitrogens is 2. The quantitative estimate of drug-likeness (QED) is 0.429. The molecule has 10 nitrogen and oxygen atoms in total. The van der Waals surface area contributed by atoms with Gasteiger partial charge >= 0.3 is 11.9 Å². The van der Waals surface area contributed by atoms with Crippen LogP contribution in [0.25, 0.3) is 0 Å². The second-order valence-electron chi connectivity index (χ2n) is 10.6. The van der Waals surface area contributed by atoms with Crippen molar-refractivity contribution in [3.63, 3.8) is 0 Å². The number of hydrogen-bond acceptors (Lipinski definition) is 8. The Balaban J connectivity index is 1.31. The number of aromatic nitrogens is 2. The Morgan fingerprint density at radius 3 is 1.50 bits per heavy atom. The minimum absolute atomic E-state index is 0.370. The summed E-state index contributed by atoms with van der Waals surface area (Å²) < 4.78 is 11.8. The molecule has 0 aliphatic carbocycles. The Bertz CT molecular complexity index is 1100. The Morgan fingerprint density at radius 2 is 1.14 bits per heavy atom. The standard InChI is InChI=1S/C26H34N6O4/c1-35-25(33)21-7-3-5-19(27-21)17-31-13-9-29-12-16-32(14-10-30(11-15-31)24(32)23(29)31)18-20-6-4-8-22(28-20)26(34)36-2/h3-8,23-24H,9-18H2,1-2H3/q+2. The highest BCUT2D eigenvalue weighted by Gasteiger charge is 2.67. The summed E-state index contributed by atoms with van der Waals surface area (Å²) >= 11 is 0.